The van der Waals surface area contributed by atoms with Gasteiger partial charge in [-0.15, -0.1) is 11.3 Å². The molecule has 0 bridgehead atoms. The smallest absolute Gasteiger partial charge is 0.260 e. The summed E-state index contributed by atoms with van der Waals surface area (Å²) in [5, 5.41) is 6.21. The maximum Gasteiger partial charge on any atom is 0.260 e. The third-order valence-electron chi connectivity index (χ3n) is 5.07. The van der Waals surface area contributed by atoms with E-state index in [2.05, 4.69) is 15.3 Å². The molecule has 0 unspecified atom stereocenters. The van der Waals surface area contributed by atoms with E-state index in [1.807, 2.05) is 35.7 Å². The van der Waals surface area contributed by atoms with E-state index >= 15 is 0 Å². The number of thioether (sulfide) groups is 1. The number of aromatic nitrogens is 2. The molecule has 0 spiro atoms. The van der Waals surface area contributed by atoms with Crippen molar-refractivity contribution in [3.05, 3.63) is 46.1 Å². The van der Waals surface area contributed by atoms with Crippen LogP contribution in [0.15, 0.2) is 45.7 Å². The number of nitrogens with one attached hydrogen (secondary N) is 2. The van der Waals surface area contributed by atoms with Crippen LogP contribution in [0.25, 0.3) is 21.3 Å². The lowest BCUT2D eigenvalue weighted by Crippen LogP contribution is -2.35. The van der Waals surface area contributed by atoms with Gasteiger partial charge in [-0.05, 0) is 18.4 Å². The average Bonchev–Trinajstić information content (AvgIpc) is 2.97. The minimum atomic E-state index is -0.156. The first-order valence-corrected chi connectivity index (χ1v) is 11.6. The van der Waals surface area contributed by atoms with Crippen LogP contribution in [0.4, 0.5) is 0 Å². The SMILES string of the molecule is O=C(CSc1nc2scc(-c3ccccc3)c2c(=O)[nH]1)NC1CCCCCC1. The van der Waals surface area contributed by atoms with E-state index in [0.717, 1.165) is 24.0 Å². The second kappa shape index (κ2) is 8.92. The lowest BCUT2D eigenvalue weighted by atomic mass is 10.1. The third kappa shape index (κ3) is 4.47. The van der Waals surface area contributed by atoms with Crippen molar-refractivity contribution >= 4 is 39.2 Å². The Kier molecular flexibility index (Phi) is 6.12. The molecule has 1 fully saturated rings. The predicted molar refractivity (Wildman–Crippen MR) is 116 cm³/mol. The van der Waals surface area contributed by atoms with Crippen LogP contribution in [0, 0.1) is 0 Å². The first kappa shape index (κ1) is 19.2. The van der Waals surface area contributed by atoms with Crippen molar-refractivity contribution < 1.29 is 4.79 Å². The summed E-state index contributed by atoms with van der Waals surface area (Å²) < 4.78 is 0. The predicted octanol–water partition coefficient (Wildman–Crippen LogP) is 4.58. The molecule has 1 aliphatic carbocycles. The normalized spacial score (nSPS) is 15.4. The minimum absolute atomic E-state index is 0.0100. The molecule has 5 nitrogen and oxygen atoms in total. The number of H-pyrrole nitrogens is 1. The van der Waals surface area contributed by atoms with Gasteiger partial charge in [0, 0.05) is 17.0 Å². The van der Waals surface area contributed by atoms with Gasteiger partial charge in [0.25, 0.3) is 5.56 Å². The molecule has 3 aromatic rings. The number of benzene rings is 1. The van der Waals surface area contributed by atoms with Gasteiger partial charge in [-0.1, -0.05) is 67.8 Å². The van der Waals surface area contributed by atoms with Crippen molar-refractivity contribution in [2.45, 2.75) is 49.7 Å². The average molecular weight is 414 g/mol. The second-order valence-corrected chi connectivity index (χ2v) is 8.93. The maximum atomic E-state index is 12.7. The van der Waals surface area contributed by atoms with Crippen LogP contribution in [0.2, 0.25) is 0 Å². The van der Waals surface area contributed by atoms with Crippen LogP contribution in [-0.4, -0.2) is 27.7 Å². The van der Waals surface area contributed by atoms with Gasteiger partial charge >= 0.3 is 0 Å². The van der Waals surface area contributed by atoms with Crippen molar-refractivity contribution in [2.24, 2.45) is 0 Å². The van der Waals surface area contributed by atoms with Gasteiger partial charge in [-0.3, -0.25) is 9.59 Å². The van der Waals surface area contributed by atoms with Gasteiger partial charge in [-0.2, -0.15) is 0 Å². The van der Waals surface area contributed by atoms with Crippen LogP contribution in [0.3, 0.4) is 0 Å². The summed E-state index contributed by atoms with van der Waals surface area (Å²) >= 11 is 2.74. The molecule has 0 aliphatic heterocycles. The van der Waals surface area contributed by atoms with Crippen molar-refractivity contribution in [3.63, 3.8) is 0 Å². The van der Waals surface area contributed by atoms with Gasteiger partial charge in [0.05, 0.1) is 11.1 Å². The molecule has 1 saturated carbocycles. The summed E-state index contributed by atoms with van der Waals surface area (Å²) in [5.41, 5.74) is 1.75. The van der Waals surface area contributed by atoms with Gasteiger partial charge < -0.3 is 10.3 Å². The molecule has 0 radical (unpaired) electrons. The summed E-state index contributed by atoms with van der Waals surface area (Å²) in [7, 11) is 0. The minimum Gasteiger partial charge on any atom is -0.353 e. The van der Waals surface area contributed by atoms with Crippen LogP contribution < -0.4 is 10.9 Å². The molecular weight excluding hydrogens is 390 g/mol. The lowest BCUT2D eigenvalue weighted by Gasteiger charge is -2.15. The molecule has 2 N–H and O–H groups in total. The summed E-state index contributed by atoms with van der Waals surface area (Å²) in [6.45, 7) is 0. The molecule has 0 atom stereocenters. The molecule has 1 aliphatic rings. The van der Waals surface area contributed by atoms with Crippen molar-refractivity contribution in [1.82, 2.24) is 15.3 Å². The molecule has 1 aromatic carbocycles. The number of nitrogens with zero attached hydrogens (tertiary/aromatic N) is 1. The standard InChI is InChI=1S/C21H23N3O2S2/c25-17(22-15-10-6-1-2-7-11-15)13-28-21-23-19(26)18-16(12-27-20(18)24-21)14-8-4-3-5-9-14/h3-5,8-9,12,15H,1-2,6-7,10-11,13H2,(H,22,25)(H,23,24,26). The van der Waals surface area contributed by atoms with Crippen LogP contribution in [0.1, 0.15) is 38.5 Å². The van der Waals surface area contributed by atoms with Crippen LogP contribution in [-0.2, 0) is 4.79 Å². The first-order chi connectivity index (χ1) is 13.7. The summed E-state index contributed by atoms with van der Waals surface area (Å²) in [4.78, 5) is 33.0. The maximum absolute atomic E-state index is 12.7. The van der Waals surface area contributed by atoms with E-state index in [1.54, 1.807) is 0 Å². The van der Waals surface area contributed by atoms with Crippen molar-refractivity contribution in [2.75, 3.05) is 5.75 Å². The molecule has 2 aromatic heterocycles. The zero-order valence-corrected chi connectivity index (χ0v) is 17.2. The number of thiophene rings is 1. The van der Waals surface area contributed by atoms with Crippen LogP contribution >= 0.6 is 23.1 Å². The second-order valence-electron chi connectivity index (χ2n) is 7.11. The quantitative estimate of drug-likeness (QED) is 0.365. The number of hydrogen-bond donors (Lipinski definition) is 2. The summed E-state index contributed by atoms with van der Waals surface area (Å²) in [5.74, 6) is 0.276. The van der Waals surface area contributed by atoms with E-state index in [1.165, 1.54) is 48.8 Å². The lowest BCUT2D eigenvalue weighted by molar-refractivity contribution is -0.119. The van der Waals surface area contributed by atoms with E-state index in [0.29, 0.717) is 15.4 Å². The van der Waals surface area contributed by atoms with Crippen LogP contribution in [0.5, 0.6) is 0 Å². The van der Waals surface area contributed by atoms with E-state index in [-0.39, 0.29) is 23.3 Å². The fourth-order valence-corrected chi connectivity index (χ4v) is 5.33. The Morgan fingerprint density at radius 2 is 1.93 bits per heavy atom. The highest BCUT2D eigenvalue weighted by atomic mass is 32.2. The fourth-order valence-electron chi connectivity index (χ4n) is 3.65. The first-order valence-electron chi connectivity index (χ1n) is 9.70. The van der Waals surface area contributed by atoms with E-state index in [9.17, 15) is 9.59 Å². The molecule has 0 saturated heterocycles. The fraction of sp³-hybridized carbons (Fsp3) is 0.381. The number of fused-ring (bicyclic) bond motifs is 1. The Morgan fingerprint density at radius 3 is 2.68 bits per heavy atom. The Bertz CT molecular complexity index is 1010. The van der Waals surface area contributed by atoms with Gasteiger partial charge in [0.15, 0.2) is 5.16 Å². The van der Waals surface area contributed by atoms with E-state index < -0.39 is 0 Å². The largest absolute Gasteiger partial charge is 0.353 e. The van der Waals surface area contributed by atoms with Crippen molar-refractivity contribution in [3.8, 4) is 11.1 Å². The Labute approximate surface area is 172 Å². The number of rotatable bonds is 5. The molecule has 1 amide bonds. The number of hydrogen-bond acceptors (Lipinski definition) is 5. The third-order valence-corrected chi connectivity index (χ3v) is 6.81. The topological polar surface area (TPSA) is 74.8 Å². The van der Waals surface area contributed by atoms with Gasteiger partial charge in [0.1, 0.15) is 4.83 Å². The van der Waals surface area contributed by atoms with E-state index in [4.69, 9.17) is 0 Å². The zero-order valence-electron chi connectivity index (χ0n) is 15.6. The number of carbonyl (C=O) groups is 1. The Morgan fingerprint density at radius 1 is 1.18 bits per heavy atom. The molecule has 7 heteroatoms. The number of aromatic amines is 1. The molecule has 146 valence electrons. The number of amides is 1. The summed E-state index contributed by atoms with van der Waals surface area (Å²) in [6.07, 6.45) is 7.03. The molecule has 2 heterocycles. The molecule has 4 rings (SSSR count). The van der Waals surface area contributed by atoms with Gasteiger partial charge in [-0.25, -0.2) is 4.98 Å². The Hall–Kier alpha value is -2.12. The number of carbonyl (C=O) groups excluding carboxylic acids is 1. The highest BCUT2D eigenvalue weighted by molar-refractivity contribution is 7.99. The van der Waals surface area contributed by atoms with Crippen molar-refractivity contribution in [1.29, 1.82) is 0 Å². The monoisotopic (exact) mass is 413 g/mol. The highest BCUT2D eigenvalue weighted by Crippen LogP contribution is 2.31. The summed E-state index contributed by atoms with van der Waals surface area (Å²) in [6, 6.07) is 10.1. The van der Waals surface area contributed by atoms with Gasteiger partial charge in [0.2, 0.25) is 5.91 Å². The Balaban J connectivity index is 1.45. The molecule has 28 heavy (non-hydrogen) atoms. The zero-order chi connectivity index (χ0) is 19.3. The highest BCUT2D eigenvalue weighted by Gasteiger charge is 2.16. The molecular formula is C21H23N3O2S2.